The van der Waals surface area contributed by atoms with Gasteiger partial charge in [-0.2, -0.15) is 0 Å². The normalized spacial score (nSPS) is 10.2. The predicted octanol–water partition coefficient (Wildman–Crippen LogP) is 1.72. The number of rotatable bonds is 6. The Balaban J connectivity index is 2.97. The number of benzene rings is 1. The van der Waals surface area contributed by atoms with Crippen molar-refractivity contribution < 1.29 is 19.7 Å². The third-order valence-electron chi connectivity index (χ3n) is 2.22. The minimum atomic E-state index is 0.0707. The van der Waals surface area contributed by atoms with E-state index in [4.69, 9.17) is 14.6 Å². The standard InChI is InChI=1S/C12H18O4/c1-3-16-11-8-9(5-4-6-13)7-10(14)12(11)15-2/h7-8,13-14H,3-6H2,1-2H3. The first-order valence-electron chi connectivity index (χ1n) is 5.36. The van der Waals surface area contributed by atoms with Gasteiger partial charge in [0.2, 0.25) is 5.75 Å². The van der Waals surface area contributed by atoms with E-state index in [0.29, 0.717) is 30.9 Å². The van der Waals surface area contributed by atoms with E-state index in [0.717, 1.165) is 5.56 Å². The number of aliphatic hydroxyl groups is 1. The number of ether oxygens (including phenoxy) is 2. The lowest BCUT2D eigenvalue weighted by atomic mass is 10.1. The highest BCUT2D eigenvalue weighted by molar-refractivity contribution is 5.53. The Morgan fingerprint density at radius 3 is 2.62 bits per heavy atom. The molecular formula is C12H18O4. The number of hydrogen-bond acceptors (Lipinski definition) is 4. The van der Waals surface area contributed by atoms with Crippen molar-refractivity contribution in [2.24, 2.45) is 0 Å². The molecule has 1 aromatic rings. The van der Waals surface area contributed by atoms with Crippen LogP contribution in [0.4, 0.5) is 0 Å². The molecule has 0 fully saturated rings. The SMILES string of the molecule is CCOc1cc(CCCO)cc(O)c1OC. The summed E-state index contributed by atoms with van der Waals surface area (Å²) in [5, 5.41) is 18.5. The van der Waals surface area contributed by atoms with Gasteiger partial charge in [0.1, 0.15) is 0 Å². The molecule has 0 heterocycles. The molecule has 0 aliphatic carbocycles. The van der Waals surface area contributed by atoms with Crippen LogP contribution < -0.4 is 9.47 Å². The first kappa shape index (κ1) is 12.6. The zero-order valence-corrected chi connectivity index (χ0v) is 9.69. The van der Waals surface area contributed by atoms with Crippen molar-refractivity contribution in [3.05, 3.63) is 17.7 Å². The van der Waals surface area contributed by atoms with E-state index >= 15 is 0 Å². The fourth-order valence-corrected chi connectivity index (χ4v) is 1.54. The van der Waals surface area contributed by atoms with Gasteiger partial charge in [0.05, 0.1) is 13.7 Å². The summed E-state index contributed by atoms with van der Waals surface area (Å²) in [6.07, 6.45) is 1.37. The van der Waals surface area contributed by atoms with Gasteiger partial charge < -0.3 is 19.7 Å². The van der Waals surface area contributed by atoms with Crippen molar-refractivity contribution in [3.8, 4) is 17.2 Å². The van der Waals surface area contributed by atoms with Crippen LogP contribution in [0.15, 0.2) is 12.1 Å². The fourth-order valence-electron chi connectivity index (χ4n) is 1.54. The number of phenols is 1. The van der Waals surface area contributed by atoms with Crippen LogP contribution in [0, 0.1) is 0 Å². The van der Waals surface area contributed by atoms with Gasteiger partial charge in [-0.3, -0.25) is 0 Å². The van der Waals surface area contributed by atoms with E-state index in [1.54, 1.807) is 6.07 Å². The molecule has 16 heavy (non-hydrogen) atoms. The third kappa shape index (κ3) is 3.03. The van der Waals surface area contributed by atoms with Gasteiger partial charge >= 0.3 is 0 Å². The van der Waals surface area contributed by atoms with Crippen LogP contribution in [-0.4, -0.2) is 30.5 Å². The molecule has 4 nitrogen and oxygen atoms in total. The molecule has 0 unspecified atom stereocenters. The van der Waals surface area contributed by atoms with Crippen molar-refractivity contribution in [1.82, 2.24) is 0 Å². The average Bonchev–Trinajstić information content (AvgIpc) is 2.26. The molecule has 4 heteroatoms. The lowest BCUT2D eigenvalue weighted by Crippen LogP contribution is -1.98. The molecule has 0 spiro atoms. The number of phenolic OH excluding ortho intramolecular Hbond substituents is 1. The van der Waals surface area contributed by atoms with Gasteiger partial charge in [-0.25, -0.2) is 0 Å². The van der Waals surface area contributed by atoms with Crippen LogP contribution >= 0.6 is 0 Å². The largest absolute Gasteiger partial charge is 0.504 e. The zero-order valence-electron chi connectivity index (χ0n) is 9.69. The van der Waals surface area contributed by atoms with Crippen LogP contribution in [0.25, 0.3) is 0 Å². The predicted molar refractivity (Wildman–Crippen MR) is 61.2 cm³/mol. The van der Waals surface area contributed by atoms with E-state index in [1.807, 2.05) is 13.0 Å². The van der Waals surface area contributed by atoms with Gasteiger partial charge in [0.25, 0.3) is 0 Å². The van der Waals surface area contributed by atoms with E-state index in [-0.39, 0.29) is 12.4 Å². The van der Waals surface area contributed by atoms with E-state index < -0.39 is 0 Å². The number of aromatic hydroxyl groups is 1. The van der Waals surface area contributed by atoms with Gasteiger partial charge in [0.15, 0.2) is 11.5 Å². The summed E-state index contributed by atoms with van der Waals surface area (Å²) < 4.78 is 10.4. The first-order chi connectivity index (χ1) is 7.72. The summed E-state index contributed by atoms with van der Waals surface area (Å²) in [6.45, 7) is 2.52. The van der Waals surface area contributed by atoms with Crippen LogP contribution in [0.3, 0.4) is 0 Å². The molecule has 0 aliphatic heterocycles. The van der Waals surface area contributed by atoms with Crippen LogP contribution in [-0.2, 0) is 6.42 Å². The molecule has 0 saturated carbocycles. The number of methoxy groups -OCH3 is 1. The first-order valence-corrected chi connectivity index (χ1v) is 5.36. The number of hydrogen-bond donors (Lipinski definition) is 2. The van der Waals surface area contributed by atoms with Gasteiger partial charge in [-0.05, 0) is 37.5 Å². The van der Waals surface area contributed by atoms with Crippen molar-refractivity contribution in [2.75, 3.05) is 20.3 Å². The molecule has 0 amide bonds. The van der Waals surface area contributed by atoms with E-state index in [2.05, 4.69) is 0 Å². The Morgan fingerprint density at radius 1 is 1.31 bits per heavy atom. The van der Waals surface area contributed by atoms with Crippen molar-refractivity contribution in [3.63, 3.8) is 0 Å². The molecular weight excluding hydrogens is 208 g/mol. The maximum atomic E-state index is 9.73. The Kier molecular flexibility index (Phi) is 4.92. The molecule has 0 aliphatic rings. The van der Waals surface area contributed by atoms with Crippen molar-refractivity contribution >= 4 is 0 Å². The monoisotopic (exact) mass is 226 g/mol. The summed E-state index contributed by atoms with van der Waals surface area (Å²) in [7, 11) is 1.49. The van der Waals surface area contributed by atoms with Gasteiger partial charge in [0, 0.05) is 6.61 Å². The quantitative estimate of drug-likeness (QED) is 0.775. The molecule has 1 rings (SSSR count). The fraction of sp³-hybridized carbons (Fsp3) is 0.500. The van der Waals surface area contributed by atoms with Crippen molar-refractivity contribution in [2.45, 2.75) is 19.8 Å². The second-order valence-corrected chi connectivity index (χ2v) is 3.41. The Hall–Kier alpha value is -1.42. The molecule has 90 valence electrons. The lowest BCUT2D eigenvalue weighted by molar-refractivity contribution is 0.287. The Bertz CT molecular complexity index is 336. The summed E-state index contributed by atoms with van der Waals surface area (Å²) >= 11 is 0. The Morgan fingerprint density at radius 2 is 2.06 bits per heavy atom. The highest BCUT2D eigenvalue weighted by atomic mass is 16.5. The van der Waals surface area contributed by atoms with Crippen LogP contribution in [0.5, 0.6) is 17.2 Å². The van der Waals surface area contributed by atoms with Crippen molar-refractivity contribution in [1.29, 1.82) is 0 Å². The molecule has 0 saturated heterocycles. The molecule has 0 aromatic heterocycles. The van der Waals surface area contributed by atoms with Crippen LogP contribution in [0.2, 0.25) is 0 Å². The molecule has 0 atom stereocenters. The van der Waals surface area contributed by atoms with Crippen LogP contribution in [0.1, 0.15) is 18.9 Å². The molecule has 2 N–H and O–H groups in total. The highest BCUT2D eigenvalue weighted by Crippen LogP contribution is 2.37. The van der Waals surface area contributed by atoms with E-state index in [1.165, 1.54) is 7.11 Å². The van der Waals surface area contributed by atoms with Gasteiger partial charge in [-0.15, -0.1) is 0 Å². The van der Waals surface area contributed by atoms with E-state index in [9.17, 15) is 5.11 Å². The van der Waals surface area contributed by atoms with Gasteiger partial charge in [-0.1, -0.05) is 0 Å². The summed E-state index contributed by atoms with van der Waals surface area (Å²) in [4.78, 5) is 0. The molecule has 1 aromatic carbocycles. The number of aryl methyl sites for hydroxylation is 1. The third-order valence-corrected chi connectivity index (χ3v) is 2.22. The molecule has 0 radical (unpaired) electrons. The lowest BCUT2D eigenvalue weighted by Gasteiger charge is -2.12. The smallest absolute Gasteiger partial charge is 0.203 e. The zero-order chi connectivity index (χ0) is 12.0. The minimum Gasteiger partial charge on any atom is -0.504 e. The molecule has 0 bridgehead atoms. The summed E-state index contributed by atoms with van der Waals surface area (Å²) in [6, 6.07) is 3.47. The maximum Gasteiger partial charge on any atom is 0.203 e. The average molecular weight is 226 g/mol. The second kappa shape index (κ2) is 6.23. The maximum absolute atomic E-state index is 9.73. The topological polar surface area (TPSA) is 58.9 Å². The summed E-state index contributed by atoms with van der Waals surface area (Å²) in [5.74, 6) is 0.967. The summed E-state index contributed by atoms with van der Waals surface area (Å²) in [5.41, 5.74) is 0.927. The highest BCUT2D eigenvalue weighted by Gasteiger charge is 2.11. The second-order valence-electron chi connectivity index (χ2n) is 3.41. The number of aliphatic hydroxyl groups excluding tert-OH is 1. The minimum absolute atomic E-state index is 0.0707. The Labute approximate surface area is 95.4 Å².